The minimum atomic E-state index is -0.381. The van der Waals surface area contributed by atoms with Gasteiger partial charge in [-0.3, -0.25) is 9.59 Å². The largest absolute Gasteiger partial charge is 0.454 e. The molecule has 1 N–H and O–H groups in total. The lowest BCUT2D eigenvalue weighted by atomic mass is 10.2. The highest BCUT2D eigenvalue weighted by molar-refractivity contribution is 9.10. The normalized spacial score (nSPS) is 18.1. The van der Waals surface area contributed by atoms with Gasteiger partial charge in [-0.05, 0) is 35.5 Å². The van der Waals surface area contributed by atoms with Crippen LogP contribution >= 0.6 is 27.7 Å². The van der Waals surface area contributed by atoms with Crippen LogP contribution in [0.15, 0.2) is 26.5 Å². The Morgan fingerprint density at radius 3 is 2.86 bits per heavy atom. The van der Waals surface area contributed by atoms with E-state index in [-0.39, 0.29) is 23.8 Å². The highest BCUT2D eigenvalue weighted by Crippen LogP contribution is 2.39. The van der Waals surface area contributed by atoms with Crippen molar-refractivity contribution in [3.05, 3.63) is 27.1 Å². The van der Waals surface area contributed by atoms with Crippen LogP contribution in [0, 0.1) is 0 Å². The Morgan fingerprint density at radius 2 is 2.14 bits per heavy atom. The van der Waals surface area contributed by atoms with Gasteiger partial charge in [-0.1, -0.05) is 15.9 Å². The summed E-state index contributed by atoms with van der Waals surface area (Å²) in [7, 11) is 0. The molecule has 108 valence electrons. The number of nitrogens with one attached hydrogen (secondary N) is 1. The van der Waals surface area contributed by atoms with Gasteiger partial charge in [0.05, 0.1) is 4.91 Å². The Labute approximate surface area is 132 Å². The van der Waals surface area contributed by atoms with Crippen LogP contribution in [0.4, 0.5) is 0 Å². The van der Waals surface area contributed by atoms with Crippen LogP contribution in [-0.2, 0) is 9.59 Å². The van der Waals surface area contributed by atoms with Gasteiger partial charge in [-0.25, -0.2) is 0 Å². The van der Waals surface area contributed by atoms with Crippen molar-refractivity contribution in [2.75, 3.05) is 6.79 Å². The Morgan fingerprint density at radius 1 is 1.43 bits per heavy atom. The fourth-order valence-corrected chi connectivity index (χ4v) is 3.09. The predicted molar refractivity (Wildman–Crippen MR) is 82.1 cm³/mol. The maximum atomic E-state index is 11.8. The lowest BCUT2D eigenvalue weighted by Gasteiger charge is -2.03. The molecule has 2 amide bonds. The molecular formula is C13H9BrN2O4S. The van der Waals surface area contributed by atoms with Crippen molar-refractivity contribution >= 4 is 50.7 Å². The summed E-state index contributed by atoms with van der Waals surface area (Å²) in [6.07, 6.45) is 1.69. The van der Waals surface area contributed by atoms with Gasteiger partial charge >= 0.3 is 0 Å². The summed E-state index contributed by atoms with van der Waals surface area (Å²) in [5, 5.41) is 2.79. The molecule has 2 aliphatic heterocycles. The van der Waals surface area contributed by atoms with Crippen molar-refractivity contribution < 1.29 is 19.1 Å². The number of halogens is 1. The third-order valence-electron chi connectivity index (χ3n) is 2.68. The van der Waals surface area contributed by atoms with Crippen LogP contribution < -0.4 is 14.8 Å². The number of amidine groups is 1. The molecule has 0 radical (unpaired) electrons. The smallest absolute Gasteiger partial charge is 0.286 e. The minimum Gasteiger partial charge on any atom is -0.454 e. The lowest BCUT2D eigenvalue weighted by molar-refractivity contribution is -0.117. The van der Waals surface area contributed by atoms with E-state index in [9.17, 15) is 9.59 Å². The quantitative estimate of drug-likeness (QED) is 0.769. The molecule has 3 rings (SSSR count). The molecule has 6 nitrogen and oxygen atoms in total. The van der Waals surface area contributed by atoms with Gasteiger partial charge in [0.25, 0.3) is 5.91 Å². The van der Waals surface area contributed by atoms with Gasteiger partial charge in [0, 0.05) is 11.4 Å². The Hall–Kier alpha value is -1.80. The second-order valence-electron chi connectivity index (χ2n) is 4.24. The zero-order valence-electron chi connectivity index (χ0n) is 10.8. The second-order valence-corrected chi connectivity index (χ2v) is 6.13. The zero-order chi connectivity index (χ0) is 15.0. The number of benzene rings is 1. The maximum absolute atomic E-state index is 11.8. The number of amides is 2. The van der Waals surface area contributed by atoms with E-state index in [4.69, 9.17) is 9.47 Å². The monoisotopic (exact) mass is 368 g/mol. The average molecular weight is 369 g/mol. The van der Waals surface area contributed by atoms with Crippen LogP contribution in [0.5, 0.6) is 11.5 Å². The molecule has 1 aromatic rings. The molecule has 1 aromatic carbocycles. The van der Waals surface area contributed by atoms with Gasteiger partial charge < -0.3 is 14.8 Å². The SMILES string of the molecule is CC(=O)NC1=NC(=O)C(=Cc2cc3c(cc2Br)OCO3)S1. The summed E-state index contributed by atoms with van der Waals surface area (Å²) in [4.78, 5) is 27.0. The molecule has 0 aliphatic carbocycles. The van der Waals surface area contributed by atoms with Crippen molar-refractivity contribution in [3.8, 4) is 11.5 Å². The molecule has 0 saturated carbocycles. The fourth-order valence-electron chi connectivity index (χ4n) is 1.80. The first-order valence-electron chi connectivity index (χ1n) is 5.92. The van der Waals surface area contributed by atoms with Gasteiger partial charge in [0.1, 0.15) is 0 Å². The van der Waals surface area contributed by atoms with Crippen molar-refractivity contribution in [2.24, 2.45) is 4.99 Å². The van der Waals surface area contributed by atoms with E-state index >= 15 is 0 Å². The van der Waals surface area contributed by atoms with Crippen molar-refractivity contribution in [3.63, 3.8) is 0 Å². The number of rotatable bonds is 1. The summed E-state index contributed by atoms with van der Waals surface area (Å²) in [5.74, 6) is 0.640. The number of carbonyl (C=O) groups excluding carboxylic acids is 2. The third-order valence-corrected chi connectivity index (χ3v) is 4.27. The zero-order valence-corrected chi connectivity index (χ0v) is 13.2. The van der Waals surface area contributed by atoms with Crippen LogP contribution in [-0.4, -0.2) is 23.8 Å². The minimum absolute atomic E-state index is 0.186. The molecule has 0 fully saturated rings. The van der Waals surface area contributed by atoms with E-state index < -0.39 is 0 Å². The molecule has 2 aliphatic rings. The average Bonchev–Trinajstić information content (AvgIpc) is 2.96. The van der Waals surface area contributed by atoms with E-state index in [1.54, 1.807) is 18.2 Å². The molecule has 8 heteroatoms. The van der Waals surface area contributed by atoms with E-state index in [2.05, 4.69) is 26.2 Å². The van der Waals surface area contributed by atoms with E-state index in [1.165, 1.54) is 6.92 Å². The lowest BCUT2D eigenvalue weighted by Crippen LogP contribution is -2.23. The topological polar surface area (TPSA) is 77.0 Å². The molecule has 0 unspecified atom stereocenters. The van der Waals surface area contributed by atoms with Gasteiger partial charge in [0.2, 0.25) is 12.7 Å². The summed E-state index contributed by atoms with van der Waals surface area (Å²) in [5.41, 5.74) is 0.773. The molecule has 0 bridgehead atoms. The highest BCUT2D eigenvalue weighted by atomic mass is 79.9. The van der Waals surface area contributed by atoms with E-state index in [0.717, 1.165) is 21.8 Å². The molecule has 0 spiro atoms. The van der Waals surface area contributed by atoms with Gasteiger partial charge in [0.15, 0.2) is 16.7 Å². The standard InChI is InChI=1S/C13H9BrN2O4S/c1-6(17)15-13-16-12(18)11(21-13)3-7-2-9-10(4-8(7)14)20-5-19-9/h2-4H,5H2,1H3,(H,15,16,17,18). The second kappa shape index (κ2) is 5.53. The molecule has 21 heavy (non-hydrogen) atoms. The highest BCUT2D eigenvalue weighted by Gasteiger charge is 2.23. The van der Waals surface area contributed by atoms with Gasteiger partial charge in [-0.15, -0.1) is 0 Å². The van der Waals surface area contributed by atoms with Crippen LogP contribution in [0.1, 0.15) is 12.5 Å². The number of nitrogens with zero attached hydrogens (tertiary/aromatic N) is 1. The van der Waals surface area contributed by atoms with Crippen molar-refractivity contribution in [1.82, 2.24) is 5.32 Å². The Kier molecular flexibility index (Phi) is 3.73. The summed E-state index contributed by atoms with van der Waals surface area (Å²) < 4.78 is 11.4. The number of fused-ring (bicyclic) bond motifs is 1. The van der Waals surface area contributed by atoms with E-state index in [0.29, 0.717) is 16.4 Å². The summed E-state index contributed by atoms with van der Waals surface area (Å²) >= 11 is 4.55. The number of carbonyl (C=O) groups is 2. The molecule has 0 saturated heterocycles. The number of hydrogen-bond acceptors (Lipinski definition) is 5. The molecule has 0 aromatic heterocycles. The first kappa shape index (κ1) is 14.2. The first-order chi connectivity index (χ1) is 10.0. The van der Waals surface area contributed by atoms with Crippen LogP contribution in [0.3, 0.4) is 0 Å². The predicted octanol–water partition coefficient (Wildman–Crippen LogP) is 2.28. The number of hydrogen-bond donors (Lipinski definition) is 1. The molecule has 0 atom stereocenters. The van der Waals surface area contributed by atoms with Crippen molar-refractivity contribution in [1.29, 1.82) is 0 Å². The molecular weight excluding hydrogens is 360 g/mol. The van der Waals surface area contributed by atoms with Crippen LogP contribution in [0.2, 0.25) is 0 Å². The first-order valence-corrected chi connectivity index (χ1v) is 7.53. The fraction of sp³-hybridized carbons (Fsp3) is 0.154. The summed E-state index contributed by atoms with van der Waals surface area (Å²) in [6, 6.07) is 3.57. The Bertz CT molecular complexity index is 714. The van der Waals surface area contributed by atoms with Gasteiger partial charge in [-0.2, -0.15) is 4.99 Å². The number of thioether (sulfide) groups is 1. The van der Waals surface area contributed by atoms with Crippen molar-refractivity contribution in [2.45, 2.75) is 6.92 Å². The maximum Gasteiger partial charge on any atom is 0.286 e. The van der Waals surface area contributed by atoms with Crippen LogP contribution in [0.25, 0.3) is 6.08 Å². The third kappa shape index (κ3) is 2.96. The molecule has 2 heterocycles. The van der Waals surface area contributed by atoms with E-state index in [1.807, 2.05) is 0 Å². The summed E-state index contributed by atoms with van der Waals surface area (Å²) in [6.45, 7) is 1.55. The number of aliphatic imine (C=N–C) groups is 1. The number of ether oxygens (including phenoxy) is 2. The Balaban J connectivity index is 1.87.